The van der Waals surface area contributed by atoms with Crippen LogP contribution >= 0.6 is 0 Å². The number of nitrogens with one attached hydrogen (secondary N) is 1. The third-order valence-corrected chi connectivity index (χ3v) is 3.71. The van der Waals surface area contributed by atoms with Crippen LogP contribution in [-0.4, -0.2) is 20.9 Å². The van der Waals surface area contributed by atoms with E-state index in [1.807, 2.05) is 29.1 Å². The van der Waals surface area contributed by atoms with Crippen LogP contribution in [0.1, 0.15) is 10.4 Å². The summed E-state index contributed by atoms with van der Waals surface area (Å²) in [5.74, 6) is -0.923. The number of hydrogen-bond donors (Lipinski definition) is 2. The number of fused-ring (bicyclic) bond motifs is 3. The van der Waals surface area contributed by atoms with Crippen LogP contribution in [0.15, 0.2) is 60.8 Å². The monoisotopic (exact) mass is 276 g/mol. The van der Waals surface area contributed by atoms with Gasteiger partial charge in [0.2, 0.25) is 0 Å². The summed E-state index contributed by atoms with van der Waals surface area (Å²) >= 11 is 0. The van der Waals surface area contributed by atoms with Crippen LogP contribution in [0.4, 0.5) is 0 Å². The topological polar surface area (TPSA) is 58.0 Å². The molecule has 0 saturated carbocycles. The normalized spacial score (nSPS) is 11.2. The Kier molecular flexibility index (Phi) is 2.38. The van der Waals surface area contributed by atoms with Crippen molar-refractivity contribution in [2.45, 2.75) is 0 Å². The number of H-pyrrole nitrogens is 1. The second-order valence-electron chi connectivity index (χ2n) is 5.03. The van der Waals surface area contributed by atoms with E-state index in [0.717, 1.165) is 16.9 Å². The van der Waals surface area contributed by atoms with E-state index < -0.39 is 5.97 Å². The van der Waals surface area contributed by atoms with E-state index in [2.05, 4.69) is 23.3 Å². The summed E-state index contributed by atoms with van der Waals surface area (Å²) in [4.78, 5) is 11.1. The Hall–Kier alpha value is -3.01. The molecule has 4 heteroatoms. The van der Waals surface area contributed by atoms with Crippen LogP contribution in [0.5, 0.6) is 0 Å². The van der Waals surface area contributed by atoms with E-state index >= 15 is 0 Å². The number of carboxylic acids is 1. The fraction of sp³-hybridized carbons (Fsp3) is 0. The van der Waals surface area contributed by atoms with Gasteiger partial charge in [-0.1, -0.05) is 30.3 Å². The Labute approximate surface area is 120 Å². The standard InChI is InChI=1S/C17H12N2O2/c20-17(21)12-5-3-6-13(8-12)19-10-15-14-7-2-1-4-11(14)9-16(15)18-19/h1-10,18H,(H,20,21). The lowest BCUT2D eigenvalue weighted by atomic mass is 10.2. The van der Waals surface area contributed by atoms with Crippen molar-refractivity contribution < 1.29 is 9.90 Å². The van der Waals surface area contributed by atoms with E-state index in [9.17, 15) is 4.79 Å². The number of aromatic carboxylic acids is 1. The first-order valence-electron chi connectivity index (χ1n) is 6.65. The average molecular weight is 276 g/mol. The van der Waals surface area contributed by atoms with E-state index in [0.29, 0.717) is 0 Å². The van der Waals surface area contributed by atoms with Crippen molar-refractivity contribution in [3.05, 3.63) is 66.4 Å². The van der Waals surface area contributed by atoms with Crippen molar-refractivity contribution >= 4 is 16.7 Å². The number of nitrogens with zero attached hydrogens (tertiary/aromatic N) is 1. The average Bonchev–Trinajstić information content (AvgIpc) is 3.05. The minimum Gasteiger partial charge on any atom is -0.478 e. The third kappa shape index (κ3) is 1.80. The van der Waals surface area contributed by atoms with Gasteiger partial charge in [0.05, 0.1) is 16.9 Å². The first-order valence-corrected chi connectivity index (χ1v) is 6.65. The fourth-order valence-corrected chi connectivity index (χ4v) is 2.70. The van der Waals surface area contributed by atoms with Crippen molar-refractivity contribution in [3.63, 3.8) is 0 Å². The second kappa shape index (κ2) is 4.24. The summed E-state index contributed by atoms with van der Waals surface area (Å²) in [5.41, 5.74) is 3.25. The lowest BCUT2D eigenvalue weighted by Crippen LogP contribution is -2.00. The highest BCUT2D eigenvalue weighted by Crippen LogP contribution is 2.33. The van der Waals surface area contributed by atoms with E-state index in [1.165, 1.54) is 10.8 Å². The van der Waals surface area contributed by atoms with Crippen molar-refractivity contribution in [2.75, 3.05) is 0 Å². The van der Waals surface area contributed by atoms with Crippen LogP contribution in [0.3, 0.4) is 0 Å². The van der Waals surface area contributed by atoms with Crippen molar-refractivity contribution in [3.8, 4) is 16.9 Å². The first-order chi connectivity index (χ1) is 10.2. The van der Waals surface area contributed by atoms with Gasteiger partial charge in [0.25, 0.3) is 0 Å². The summed E-state index contributed by atoms with van der Waals surface area (Å²) in [5, 5.41) is 14.8. The molecule has 1 aliphatic heterocycles. The maximum Gasteiger partial charge on any atom is 0.335 e. The van der Waals surface area contributed by atoms with Gasteiger partial charge in [-0.05, 0) is 35.0 Å². The van der Waals surface area contributed by atoms with Crippen LogP contribution in [0.2, 0.25) is 0 Å². The Morgan fingerprint density at radius 2 is 1.90 bits per heavy atom. The van der Waals surface area contributed by atoms with Crippen LogP contribution in [-0.2, 0) is 0 Å². The van der Waals surface area contributed by atoms with E-state index in [4.69, 9.17) is 5.11 Å². The maximum atomic E-state index is 11.1. The van der Waals surface area contributed by atoms with E-state index in [-0.39, 0.29) is 5.56 Å². The molecule has 2 aromatic rings. The highest BCUT2D eigenvalue weighted by atomic mass is 16.4. The zero-order valence-corrected chi connectivity index (χ0v) is 11.1. The highest BCUT2D eigenvalue weighted by Gasteiger charge is 2.13. The molecule has 0 spiro atoms. The van der Waals surface area contributed by atoms with Crippen LogP contribution in [0, 0.1) is 0 Å². The lowest BCUT2D eigenvalue weighted by molar-refractivity contribution is 0.0697. The molecule has 0 fully saturated rings. The molecule has 0 aromatic heterocycles. The number of aromatic amines is 1. The molecule has 2 N–H and O–H groups in total. The molecule has 1 heterocycles. The van der Waals surface area contributed by atoms with E-state index in [1.54, 1.807) is 18.2 Å². The molecular weight excluding hydrogens is 264 g/mol. The van der Waals surface area contributed by atoms with Gasteiger partial charge in [-0.3, -0.25) is 9.78 Å². The third-order valence-electron chi connectivity index (χ3n) is 3.71. The number of carbonyl (C=O) groups is 1. The minimum absolute atomic E-state index is 0.277. The number of rotatable bonds is 2. The summed E-state index contributed by atoms with van der Waals surface area (Å²) in [6.45, 7) is 0. The zero-order chi connectivity index (χ0) is 14.4. The van der Waals surface area contributed by atoms with Gasteiger partial charge >= 0.3 is 5.97 Å². The summed E-state index contributed by atoms with van der Waals surface area (Å²) in [7, 11) is 0. The maximum absolute atomic E-state index is 11.1. The molecule has 0 saturated heterocycles. The molecule has 0 bridgehead atoms. The van der Waals surface area contributed by atoms with Gasteiger partial charge in [-0.25, -0.2) is 4.79 Å². The molecular formula is C17H12N2O2. The van der Waals surface area contributed by atoms with Gasteiger partial charge in [0, 0.05) is 11.8 Å². The fourth-order valence-electron chi connectivity index (χ4n) is 2.70. The Bertz CT molecular complexity index is 933. The minimum atomic E-state index is -0.923. The largest absolute Gasteiger partial charge is 0.478 e. The van der Waals surface area contributed by atoms with Gasteiger partial charge in [0.1, 0.15) is 0 Å². The molecule has 4 nitrogen and oxygen atoms in total. The number of benzene rings is 2. The molecule has 21 heavy (non-hydrogen) atoms. The van der Waals surface area contributed by atoms with Crippen LogP contribution in [0.25, 0.3) is 27.7 Å². The second-order valence-corrected chi connectivity index (χ2v) is 5.03. The first kappa shape index (κ1) is 11.8. The predicted molar refractivity (Wildman–Crippen MR) is 81.2 cm³/mol. The van der Waals surface area contributed by atoms with Crippen molar-refractivity contribution in [1.29, 1.82) is 0 Å². The highest BCUT2D eigenvalue weighted by molar-refractivity contribution is 6.01. The van der Waals surface area contributed by atoms with Gasteiger partial charge in [-0.2, -0.15) is 0 Å². The van der Waals surface area contributed by atoms with Crippen LogP contribution < -0.4 is 0 Å². The number of carboxylic acid groups (broad SMARTS) is 1. The quantitative estimate of drug-likeness (QED) is 0.585. The number of aromatic nitrogens is 2. The molecule has 0 unspecified atom stereocenters. The Morgan fingerprint density at radius 1 is 1.05 bits per heavy atom. The molecule has 2 aliphatic rings. The molecule has 0 atom stereocenters. The molecule has 2 aromatic carbocycles. The summed E-state index contributed by atoms with van der Waals surface area (Å²) < 4.78 is 1.85. The van der Waals surface area contributed by atoms with Crippen molar-refractivity contribution in [1.82, 2.24) is 9.78 Å². The van der Waals surface area contributed by atoms with Gasteiger partial charge in [-0.15, -0.1) is 0 Å². The molecule has 4 rings (SSSR count). The smallest absolute Gasteiger partial charge is 0.335 e. The zero-order valence-electron chi connectivity index (χ0n) is 11.1. The lowest BCUT2D eigenvalue weighted by Gasteiger charge is -2.03. The van der Waals surface area contributed by atoms with Crippen molar-refractivity contribution in [2.24, 2.45) is 0 Å². The summed E-state index contributed by atoms with van der Waals surface area (Å²) in [6, 6.07) is 17.2. The molecule has 102 valence electrons. The molecule has 1 aliphatic carbocycles. The van der Waals surface area contributed by atoms with Gasteiger partial charge in [0.15, 0.2) is 0 Å². The molecule has 0 radical (unpaired) electrons. The molecule has 0 amide bonds. The SMILES string of the molecule is O=C(O)c1cccc(-n2cc3c4ccccc4cc-3[nH]2)c1. The Morgan fingerprint density at radius 3 is 2.76 bits per heavy atom. The summed E-state index contributed by atoms with van der Waals surface area (Å²) in [6.07, 6.45) is 2.00. The van der Waals surface area contributed by atoms with Gasteiger partial charge < -0.3 is 5.11 Å². The Balaban J connectivity index is 1.89. The number of hydrogen-bond acceptors (Lipinski definition) is 1. The predicted octanol–water partition coefficient (Wildman–Crippen LogP) is 3.76.